The number of aromatic hydroxyl groups is 2. The summed E-state index contributed by atoms with van der Waals surface area (Å²) in [6, 6.07) is 2.13. The van der Waals surface area contributed by atoms with E-state index >= 15 is 0 Å². The summed E-state index contributed by atoms with van der Waals surface area (Å²) in [7, 11) is 0. The molecule has 1 aromatic carbocycles. The van der Waals surface area contributed by atoms with Gasteiger partial charge >= 0.3 is 29.6 Å². The fourth-order valence-corrected chi connectivity index (χ4v) is 8.20. The molecule has 6 rings (SSSR count). The number of carboxylic acids is 1. The minimum atomic E-state index is -1.88. The molecule has 276 valence electrons. The Labute approximate surface area is 331 Å². The minimum Gasteiger partial charge on any atom is -0.546 e. The Bertz CT molecular complexity index is 1970. The number of aromatic nitrogens is 6. The zero-order valence-electron chi connectivity index (χ0n) is 28.9. The number of amides is 2. The minimum absolute atomic E-state index is 0. The van der Waals surface area contributed by atoms with Crippen LogP contribution in [0.4, 0.5) is 9.52 Å². The Morgan fingerprint density at radius 2 is 2.00 bits per heavy atom. The molecule has 0 radical (unpaired) electrons. The Morgan fingerprint density at radius 3 is 2.64 bits per heavy atom. The van der Waals surface area contributed by atoms with Crippen LogP contribution in [-0.4, -0.2) is 128 Å². The number of β-lactam (4-membered cyclic amide) rings is 1. The van der Waals surface area contributed by atoms with Crippen LogP contribution in [0, 0.1) is 11.7 Å². The number of carbonyl (C=O) groups is 4. The first-order chi connectivity index (χ1) is 24.7. The molecule has 53 heavy (non-hydrogen) atoms. The monoisotopic (exact) mass is 782 g/mol. The summed E-state index contributed by atoms with van der Waals surface area (Å²) >= 11 is 2.26. The number of phenolic OH excluding ortho intramolecular Hbond substituents is 2. The summed E-state index contributed by atoms with van der Waals surface area (Å²) in [6.07, 6.45) is 1.54. The number of fused-ring (bicyclic) bond motifs is 1. The number of benzene rings is 1. The molecule has 0 bridgehead atoms. The second-order valence-corrected chi connectivity index (χ2v) is 14.9. The van der Waals surface area contributed by atoms with E-state index in [0.717, 1.165) is 55.2 Å². The molecule has 3 aromatic rings. The van der Waals surface area contributed by atoms with Gasteiger partial charge < -0.3 is 40.5 Å². The Kier molecular flexibility index (Phi) is 12.1. The number of ketones is 1. The third-order valence-electron chi connectivity index (χ3n) is 9.15. The van der Waals surface area contributed by atoms with E-state index in [1.54, 1.807) is 4.90 Å². The molecule has 0 saturated carbocycles. The van der Waals surface area contributed by atoms with Gasteiger partial charge in [-0.1, -0.05) is 5.16 Å². The topological polar surface area (TPSA) is 275 Å². The zero-order valence-corrected chi connectivity index (χ0v) is 32.5. The number of quaternary nitrogens is 1. The Morgan fingerprint density at radius 1 is 1.26 bits per heavy atom. The van der Waals surface area contributed by atoms with Gasteiger partial charge in [-0.05, 0) is 31.2 Å². The van der Waals surface area contributed by atoms with Gasteiger partial charge in [0, 0.05) is 42.1 Å². The molecular formula is C30H34FN11NaO8S2+. The number of H-pyrrole nitrogens is 1. The van der Waals surface area contributed by atoms with E-state index < -0.39 is 57.4 Å². The van der Waals surface area contributed by atoms with Crippen LogP contribution in [0.15, 0.2) is 22.9 Å². The van der Waals surface area contributed by atoms with E-state index in [0.29, 0.717) is 29.0 Å². The first kappa shape index (κ1) is 40.0. The van der Waals surface area contributed by atoms with E-state index in [1.807, 2.05) is 0 Å². The van der Waals surface area contributed by atoms with Crippen LogP contribution in [0.2, 0.25) is 0 Å². The first-order valence-electron chi connectivity index (χ1n) is 16.1. The number of nitrogens with zero attached hydrogens (tertiary/aromatic N) is 8. The summed E-state index contributed by atoms with van der Waals surface area (Å²) in [5, 5.41) is 51.2. The van der Waals surface area contributed by atoms with Gasteiger partial charge in [0.2, 0.25) is 17.6 Å². The van der Waals surface area contributed by atoms with Gasteiger partial charge in [-0.2, -0.15) is 14.6 Å². The zero-order chi connectivity index (χ0) is 37.4. The number of aromatic amines is 1. The maximum absolute atomic E-state index is 14.4. The number of rotatable bonds is 14. The second kappa shape index (κ2) is 16.0. The van der Waals surface area contributed by atoms with Gasteiger partial charge in [0.05, 0.1) is 54.7 Å². The van der Waals surface area contributed by atoms with E-state index in [4.69, 9.17) is 10.6 Å². The SMILES string of the molecule is CC(C)(O/N=C(\C(=O)C[C@@H]1C(=O)N2C(c3nn[nH]n3)=C(C[N+]3(CCNC(=O)c4ccc(O)c(O)c4F)CCCC3)CS[C@H]12)c1nsc(N)n1)C(=O)[O-].[Na+]. The smallest absolute Gasteiger partial charge is 0.546 e. The quantitative estimate of drug-likeness (QED) is 0.0264. The van der Waals surface area contributed by atoms with Crippen molar-refractivity contribution in [3.05, 3.63) is 40.7 Å². The van der Waals surface area contributed by atoms with Crippen LogP contribution in [0.5, 0.6) is 11.5 Å². The van der Waals surface area contributed by atoms with E-state index in [-0.39, 0.29) is 70.9 Å². The van der Waals surface area contributed by atoms with Crippen molar-refractivity contribution in [3.8, 4) is 11.5 Å². The summed E-state index contributed by atoms with van der Waals surface area (Å²) in [5.41, 5.74) is 4.38. The molecule has 5 heterocycles. The molecular weight excluding hydrogens is 749 g/mol. The normalized spacial score (nSPS) is 19.6. The van der Waals surface area contributed by atoms with E-state index in [2.05, 4.69) is 40.5 Å². The fourth-order valence-electron chi connectivity index (χ4n) is 6.36. The van der Waals surface area contributed by atoms with Crippen LogP contribution in [-0.2, 0) is 19.2 Å². The van der Waals surface area contributed by atoms with E-state index in [1.165, 1.54) is 25.6 Å². The third kappa shape index (κ3) is 8.16. The number of aliphatic carboxylic acids is 1. The van der Waals surface area contributed by atoms with Crippen molar-refractivity contribution in [1.82, 2.24) is 40.2 Å². The van der Waals surface area contributed by atoms with Crippen molar-refractivity contribution in [1.29, 1.82) is 0 Å². The molecule has 3 aliphatic rings. The van der Waals surface area contributed by atoms with Gasteiger partial charge in [0.1, 0.15) is 6.54 Å². The van der Waals surface area contributed by atoms with E-state index in [9.17, 15) is 38.9 Å². The number of tetrazole rings is 1. The molecule has 23 heteroatoms. The molecule has 19 nitrogen and oxygen atoms in total. The molecule has 2 amide bonds. The molecule has 2 atom stereocenters. The predicted molar refractivity (Wildman–Crippen MR) is 179 cm³/mol. The number of halogens is 1. The van der Waals surface area contributed by atoms with Gasteiger partial charge in [-0.15, -0.1) is 22.0 Å². The number of nitrogens with one attached hydrogen (secondary N) is 2. The molecule has 0 aliphatic carbocycles. The van der Waals surface area contributed by atoms with Crippen molar-refractivity contribution in [3.63, 3.8) is 0 Å². The summed E-state index contributed by atoms with van der Waals surface area (Å²) in [6.45, 7) is 5.10. The predicted octanol–water partition coefficient (Wildman–Crippen LogP) is -3.62. The molecule has 0 unspecified atom stereocenters. The number of hydrogen-bond donors (Lipinski definition) is 5. The van der Waals surface area contributed by atoms with Crippen LogP contribution in [0.3, 0.4) is 0 Å². The number of Topliss-reactive ketones (excluding diaryl/α,β-unsaturated/α-hetero) is 1. The average Bonchev–Trinajstić information content (AvgIpc) is 3.90. The number of carbonyl (C=O) groups excluding carboxylic acids is 4. The molecule has 2 saturated heterocycles. The van der Waals surface area contributed by atoms with Gasteiger partial charge in [-0.25, -0.2) is 4.39 Å². The number of thioether (sulfide) groups is 1. The molecule has 0 spiro atoms. The number of carboxylic acid groups (broad SMARTS) is 1. The molecule has 3 aliphatic heterocycles. The van der Waals surface area contributed by atoms with Gasteiger partial charge in [0.15, 0.2) is 39.5 Å². The molecule has 2 aromatic heterocycles. The molecule has 2 fully saturated rings. The second-order valence-electron chi connectivity index (χ2n) is 13.0. The number of likely N-dealkylation sites (tertiary alicyclic amines) is 1. The third-order valence-corrected chi connectivity index (χ3v) is 11.1. The van der Waals surface area contributed by atoms with Crippen molar-refractivity contribution in [2.75, 3.05) is 44.2 Å². The number of nitrogens with two attached hydrogens (primary N) is 1. The number of phenols is 2. The number of hydrogen-bond acceptors (Lipinski definition) is 17. The van der Waals surface area contributed by atoms with Crippen molar-refractivity contribution < 1.29 is 77.8 Å². The maximum Gasteiger partial charge on any atom is 1.00 e. The number of anilines is 1. The maximum atomic E-state index is 14.4. The van der Waals surface area contributed by atoms with Crippen LogP contribution < -0.4 is 45.7 Å². The Hall–Kier alpha value is -4.22. The van der Waals surface area contributed by atoms with Gasteiger partial charge in [-0.3, -0.25) is 19.3 Å². The largest absolute Gasteiger partial charge is 1.00 e. The summed E-state index contributed by atoms with van der Waals surface area (Å²) in [4.78, 5) is 62.3. The standard InChI is InChI=1S/C30H34FN11O8S2.Na/c1-30(2,28(48)49)50-37-20(23-34-29(32)52-38-23)18(44)11-16-26(47)41-21(24-35-39-40-36-24)14(13-51-27(16)41)12-42(8-3-4-9-42)10-7-33-25(46)15-5-6-17(43)22(45)19(15)31;/h5-6,16,27H,3-4,7-13H2,1-2H3,(H6-,32,33,34,35,36,37,38,39,40,43,44,45,46,48,49);/q;+1/t16-,27-;/m1./s1. The number of nitrogen functional groups attached to an aromatic ring is 1. The van der Waals surface area contributed by atoms with Crippen LogP contribution in [0.25, 0.3) is 5.70 Å². The van der Waals surface area contributed by atoms with Crippen molar-refractivity contribution in [2.45, 2.75) is 44.1 Å². The summed E-state index contributed by atoms with van der Waals surface area (Å²) in [5.74, 6) is -6.52. The fraction of sp³-hybridized carbons (Fsp3) is 0.467. The Balaban J connectivity index is 0.00000541. The summed E-state index contributed by atoms with van der Waals surface area (Å²) < 4.78 is 19.0. The van der Waals surface area contributed by atoms with Crippen molar-refractivity contribution >= 4 is 63.4 Å². The first-order valence-corrected chi connectivity index (χ1v) is 17.9. The van der Waals surface area contributed by atoms with Crippen LogP contribution in [0.1, 0.15) is 55.1 Å². The van der Waals surface area contributed by atoms with Crippen LogP contribution >= 0.6 is 23.3 Å². The number of oxime groups is 1. The van der Waals surface area contributed by atoms with Gasteiger partial charge in [0.25, 0.3) is 5.91 Å². The van der Waals surface area contributed by atoms with Crippen molar-refractivity contribution in [2.24, 2.45) is 11.1 Å². The average molecular weight is 783 g/mol. The molecule has 6 N–H and O–H groups in total.